The van der Waals surface area contributed by atoms with Crippen molar-refractivity contribution in [3.8, 4) is 11.3 Å². The van der Waals surface area contributed by atoms with Gasteiger partial charge in [0.2, 0.25) is 0 Å². The second-order valence-corrected chi connectivity index (χ2v) is 7.27. The van der Waals surface area contributed by atoms with Crippen molar-refractivity contribution in [2.75, 3.05) is 5.32 Å². The van der Waals surface area contributed by atoms with Crippen LogP contribution in [0.4, 0.5) is 9.52 Å². The fraction of sp³-hybridized carbons (Fsp3) is 0.150. The summed E-state index contributed by atoms with van der Waals surface area (Å²) in [6.45, 7) is 1.72. The summed E-state index contributed by atoms with van der Waals surface area (Å²) in [5.74, 6) is -0.111. The van der Waals surface area contributed by atoms with E-state index >= 15 is 0 Å². The molecule has 1 amide bonds. The van der Waals surface area contributed by atoms with Crippen molar-refractivity contribution in [3.05, 3.63) is 77.2 Å². The first kappa shape index (κ1) is 18.9. The number of carbonyl (C=O) groups is 1. The van der Waals surface area contributed by atoms with Gasteiger partial charge in [-0.1, -0.05) is 42.5 Å². The Morgan fingerprint density at radius 2 is 1.93 bits per heavy atom. The maximum atomic E-state index is 13.2. The lowest BCUT2D eigenvalue weighted by molar-refractivity contribution is -0.119. The minimum absolute atomic E-state index is 0.293. The summed E-state index contributed by atoms with van der Waals surface area (Å²) in [5.41, 5.74) is 2.56. The number of nitrogens with zero attached hydrogens (tertiary/aromatic N) is 5. The first-order chi connectivity index (χ1) is 14.1. The molecule has 0 aliphatic heterocycles. The van der Waals surface area contributed by atoms with Gasteiger partial charge >= 0.3 is 0 Å². The Labute approximate surface area is 170 Å². The van der Waals surface area contributed by atoms with Crippen LogP contribution >= 0.6 is 11.3 Å². The minimum atomic E-state index is -0.695. The molecule has 0 saturated heterocycles. The molecule has 1 N–H and O–H groups in total. The molecule has 4 aromatic rings. The van der Waals surface area contributed by atoms with Gasteiger partial charge in [0.05, 0.1) is 5.69 Å². The number of hydrogen-bond acceptors (Lipinski definition) is 6. The molecule has 0 aliphatic carbocycles. The summed E-state index contributed by atoms with van der Waals surface area (Å²) in [7, 11) is 0. The maximum absolute atomic E-state index is 13.2. The van der Waals surface area contributed by atoms with Crippen LogP contribution in [0.15, 0.2) is 60.0 Å². The minimum Gasteiger partial charge on any atom is -0.300 e. The van der Waals surface area contributed by atoms with Crippen LogP contribution in [0.5, 0.6) is 0 Å². The highest BCUT2D eigenvalue weighted by molar-refractivity contribution is 7.14. The Morgan fingerprint density at radius 1 is 1.17 bits per heavy atom. The molecule has 0 aliphatic rings. The third-order valence-corrected chi connectivity index (χ3v) is 5.16. The van der Waals surface area contributed by atoms with Crippen LogP contribution in [0, 0.1) is 12.7 Å². The van der Waals surface area contributed by atoms with E-state index in [9.17, 15) is 9.18 Å². The molecule has 146 valence electrons. The average Bonchev–Trinajstić information content (AvgIpc) is 3.37. The molecular weight excluding hydrogens is 391 g/mol. The molecular formula is C20H17FN6OS. The molecule has 0 saturated carbocycles. The monoisotopic (exact) mass is 408 g/mol. The first-order valence-electron chi connectivity index (χ1n) is 8.91. The van der Waals surface area contributed by atoms with E-state index in [1.165, 1.54) is 28.2 Å². The van der Waals surface area contributed by atoms with Crippen molar-refractivity contribution >= 4 is 22.4 Å². The zero-order valence-electron chi connectivity index (χ0n) is 15.5. The fourth-order valence-corrected chi connectivity index (χ4v) is 3.64. The van der Waals surface area contributed by atoms with Gasteiger partial charge in [0.1, 0.15) is 17.7 Å². The summed E-state index contributed by atoms with van der Waals surface area (Å²) in [6.07, 6.45) is 0.314. The Morgan fingerprint density at radius 3 is 2.62 bits per heavy atom. The average molecular weight is 408 g/mol. The van der Waals surface area contributed by atoms with Crippen LogP contribution in [0.25, 0.3) is 11.3 Å². The normalized spacial score (nSPS) is 11.9. The molecule has 29 heavy (non-hydrogen) atoms. The van der Waals surface area contributed by atoms with E-state index in [0.717, 1.165) is 16.8 Å². The highest BCUT2D eigenvalue weighted by atomic mass is 32.1. The summed E-state index contributed by atoms with van der Waals surface area (Å²) in [6, 6.07) is 15.1. The quantitative estimate of drug-likeness (QED) is 0.526. The number of hydrogen-bond donors (Lipinski definition) is 1. The van der Waals surface area contributed by atoms with Crippen LogP contribution in [0.2, 0.25) is 0 Å². The summed E-state index contributed by atoms with van der Waals surface area (Å²) in [5, 5.41) is 16.7. The number of thiazole rings is 1. The number of carbonyl (C=O) groups excluding carboxylic acids is 1. The number of benzene rings is 2. The number of anilines is 1. The van der Waals surface area contributed by atoms with E-state index in [0.29, 0.717) is 17.4 Å². The molecule has 2 aromatic heterocycles. The molecule has 0 spiro atoms. The molecule has 7 nitrogen and oxygen atoms in total. The van der Waals surface area contributed by atoms with Gasteiger partial charge in [-0.3, -0.25) is 4.79 Å². The van der Waals surface area contributed by atoms with Crippen LogP contribution in [-0.2, 0) is 11.2 Å². The predicted octanol–water partition coefficient (Wildman–Crippen LogP) is 3.67. The number of amides is 1. The van der Waals surface area contributed by atoms with E-state index < -0.39 is 6.04 Å². The Hall–Kier alpha value is -3.46. The largest absolute Gasteiger partial charge is 0.300 e. The van der Waals surface area contributed by atoms with Crippen molar-refractivity contribution in [3.63, 3.8) is 0 Å². The maximum Gasteiger partial charge on any atom is 0.251 e. The van der Waals surface area contributed by atoms with Crippen molar-refractivity contribution in [2.45, 2.75) is 19.4 Å². The van der Waals surface area contributed by atoms with Gasteiger partial charge < -0.3 is 5.32 Å². The van der Waals surface area contributed by atoms with Crippen LogP contribution in [-0.4, -0.2) is 31.1 Å². The zero-order chi connectivity index (χ0) is 20.2. The van der Waals surface area contributed by atoms with E-state index in [4.69, 9.17) is 0 Å². The molecule has 9 heteroatoms. The summed E-state index contributed by atoms with van der Waals surface area (Å²) < 4.78 is 14.7. The van der Waals surface area contributed by atoms with Crippen molar-refractivity contribution in [1.29, 1.82) is 0 Å². The molecule has 2 heterocycles. The lowest BCUT2D eigenvalue weighted by Crippen LogP contribution is -2.29. The van der Waals surface area contributed by atoms with E-state index in [2.05, 4.69) is 25.8 Å². The first-order valence-corrected chi connectivity index (χ1v) is 9.79. The third kappa shape index (κ3) is 4.35. The number of nitrogens with one attached hydrogen (secondary N) is 1. The van der Waals surface area contributed by atoms with Crippen LogP contribution < -0.4 is 5.32 Å². The Kier molecular flexibility index (Phi) is 5.39. The Balaban J connectivity index is 1.56. The number of aromatic nitrogens is 5. The number of halogens is 1. The molecule has 4 rings (SSSR count). The zero-order valence-corrected chi connectivity index (χ0v) is 16.3. The van der Waals surface area contributed by atoms with Gasteiger partial charge in [0.25, 0.3) is 5.91 Å². The fourth-order valence-electron chi connectivity index (χ4n) is 2.92. The molecule has 0 bridgehead atoms. The second kappa shape index (κ2) is 8.27. The molecule has 2 aromatic carbocycles. The SMILES string of the molecule is Cc1nnnn1C(Cc1ccc(F)cc1)C(=O)Nc1nc(-c2ccccc2)cs1. The van der Waals surface area contributed by atoms with Crippen molar-refractivity contribution in [2.24, 2.45) is 0 Å². The van der Waals surface area contributed by atoms with Gasteiger partial charge in [-0.25, -0.2) is 14.1 Å². The molecule has 0 fully saturated rings. The summed E-state index contributed by atoms with van der Waals surface area (Å²) >= 11 is 1.35. The lowest BCUT2D eigenvalue weighted by atomic mass is 10.1. The number of tetrazole rings is 1. The highest BCUT2D eigenvalue weighted by Crippen LogP contribution is 2.26. The number of rotatable bonds is 6. The van der Waals surface area contributed by atoms with Crippen LogP contribution in [0.3, 0.4) is 0 Å². The topological polar surface area (TPSA) is 85.6 Å². The van der Waals surface area contributed by atoms with Crippen molar-refractivity contribution in [1.82, 2.24) is 25.2 Å². The van der Waals surface area contributed by atoms with Gasteiger partial charge in [0.15, 0.2) is 5.13 Å². The van der Waals surface area contributed by atoms with Gasteiger partial charge in [-0.2, -0.15) is 0 Å². The lowest BCUT2D eigenvalue weighted by Gasteiger charge is -2.16. The van der Waals surface area contributed by atoms with Gasteiger partial charge in [0, 0.05) is 17.4 Å². The van der Waals surface area contributed by atoms with E-state index in [-0.39, 0.29) is 11.7 Å². The number of aryl methyl sites for hydroxylation is 1. The van der Waals surface area contributed by atoms with Crippen molar-refractivity contribution < 1.29 is 9.18 Å². The van der Waals surface area contributed by atoms with Gasteiger partial charge in [-0.05, 0) is 35.0 Å². The standard InChI is InChI=1S/C20H17FN6OS/c1-13-24-25-26-27(13)18(11-14-7-9-16(21)10-8-14)19(28)23-20-22-17(12-29-20)15-5-3-2-4-6-15/h2-10,12,18H,11H2,1H3,(H,22,23,28). The second-order valence-electron chi connectivity index (χ2n) is 6.41. The molecule has 1 atom stereocenters. The van der Waals surface area contributed by atoms with E-state index in [1.807, 2.05) is 35.7 Å². The predicted molar refractivity (Wildman–Crippen MR) is 108 cm³/mol. The highest BCUT2D eigenvalue weighted by Gasteiger charge is 2.25. The van der Waals surface area contributed by atoms with E-state index in [1.54, 1.807) is 19.1 Å². The van der Waals surface area contributed by atoms with Gasteiger partial charge in [-0.15, -0.1) is 16.4 Å². The Bertz CT molecular complexity index is 1110. The third-order valence-electron chi connectivity index (χ3n) is 4.40. The molecule has 0 radical (unpaired) electrons. The summed E-state index contributed by atoms with van der Waals surface area (Å²) in [4.78, 5) is 17.5. The van der Waals surface area contributed by atoms with Crippen LogP contribution in [0.1, 0.15) is 17.4 Å². The smallest absolute Gasteiger partial charge is 0.251 e. The molecule has 1 unspecified atom stereocenters.